The van der Waals surface area contributed by atoms with Crippen LogP contribution in [0.2, 0.25) is 5.02 Å². The molecule has 0 bridgehead atoms. The predicted octanol–water partition coefficient (Wildman–Crippen LogP) is 4.58. The molecule has 4 heteroatoms. The molecule has 1 fully saturated rings. The fourth-order valence-electron chi connectivity index (χ4n) is 3.20. The van der Waals surface area contributed by atoms with Crippen LogP contribution in [0.3, 0.4) is 0 Å². The number of halogens is 2. The van der Waals surface area contributed by atoms with Crippen LogP contribution in [0.1, 0.15) is 45.4 Å². The SMILES string of the molecule is CCC1CCCC(CN)(Nc2cc(F)cc(Cl)c2)CC1. The molecule has 0 spiro atoms. The second-order valence-electron chi connectivity index (χ2n) is 5.97. The van der Waals surface area contributed by atoms with Gasteiger partial charge in [0.25, 0.3) is 0 Å². The normalized spacial score (nSPS) is 27.1. The molecule has 1 aromatic rings. The van der Waals surface area contributed by atoms with Crippen molar-refractivity contribution >= 4 is 17.3 Å². The minimum atomic E-state index is -0.313. The molecule has 1 saturated carbocycles. The highest BCUT2D eigenvalue weighted by molar-refractivity contribution is 6.30. The van der Waals surface area contributed by atoms with E-state index in [1.807, 2.05) is 0 Å². The van der Waals surface area contributed by atoms with E-state index in [0.29, 0.717) is 11.6 Å². The maximum absolute atomic E-state index is 13.5. The smallest absolute Gasteiger partial charge is 0.126 e. The van der Waals surface area contributed by atoms with Gasteiger partial charge in [-0.15, -0.1) is 0 Å². The molecule has 0 aliphatic heterocycles. The molecule has 20 heavy (non-hydrogen) atoms. The molecular weight excluding hydrogens is 275 g/mol. The quantitative estimate of drug-likeness (QED) is 0.799. The third-order valence-electron chi connectivity index (χ3n) is 4.54. The van der Waals surface area contributed by atoms with Crippen LogP contribution in [0.5, 0.6) is 0 Å². The number of nitrogens with two attached hydrogens (primary N) is 1. The zero-order chi connectivity index (χ0) is 14.6. The molecule has 0 aromatic heterocycles. The topological polar surface area (TPSA) is 38.0 Å². The number of benzene rings is 1. The molecular formula is C16H24ClFN2. The molecule has 1 aliphatic rings. The Bertz CT molecular complexity index is 432. The van der Waals surface area contributed by atoms with Gasteiger partial charge in [0.15, 0.2) is 0 Å². The minimum absolute atomic E-state index is 0.124. The highest BCUT2D eigenvalue weighted by Crippen LogP contribution is 2.34. The van der Waals surface area contributed by atoms with Gasteiger partial charge >= 0.3 is 0 Å². The van der Waals surface area contributed by atoms with Crippen molar-refractivity contribution in [3.63, 3.8) is 0 Å². The van der Waals surface area contributed by atoms with E-state index in [2.05, 4.69) is 12.2 Å². The summed E-state index contributed by atoms with van der Waals surface area (Å²) in [5, 5.41) is 3.88. The van der Waals surface area contributed by atoms with Crippen molar-refractivity contribution in [3.05, 3.63) is 29.0 Å². The van der Waals surface area contributed by atoms with Crippen LogP contribution in [0.15, 0.2) is 18.2 Å². The van der Waals surface area contributed by atoms with Crippen LogP contribution < -0.4 is 11.1 Å². The summed E-state index contributed by atoms with van der Waals surface area (Å²) in [5.74, 6) is 0.480. The molecule has 0 heterocycles. The third-order valence-corrected chi connectivity index (χ3v) is 4.76. The zero-order valence-electron chi connectivity index (χ0n) is 12.1. The molecule has 2 unspecified atom stereocenters. The second-order valence-corrected chi connectivity index (χ2v) is 6.41. The van der Waals surface area contributed by atoms with Crippen molar-refractivity contribution in [1.29, 1.82) is 0 Å². The molecule has 0 radical (unpaired) electrons. The largest absolute Gasteiger partial charge is 0.378 e. The molecule has 112 valence electrons. The summed E-state index contributed by atoms with van der Waals surface area (Å²) in [5.41, 5.74) is 6.64. The second kappa shape index (κ2) is 6.77. The number of anilines is 1. The van der Waals surface area contributed by atoms with Gasteiger partial charge in [0.2, 0.25) is 0 Å². The Balaban J connectivity index is 2.14. The summed E-state index contributed by atoms with van der Waals surface area (Å²) in [6, 6.07) is 4.58. The van der Waals surface area contributed by atoms with Crippen molar-refractivity contribution in [2.75, 3.05) is 11.9 Å². The van der Waals surface area contributed by atoms with Crippen molar-refractivity contribution < 1.29 is 4.39 Å². The molecule has 0 amide bonds. The molecule has 2 atom stereocenters. The van der Waals surface area contributed by atoms with Crippen LogP contribution in [0, 0.1) is 11.7 Å². The summed E-state index contributed by atoms with van der Waals surface area (Å²) in [6.45, 7) is 2.82. The Hall–Kier alpha value is -0.800. The fourth-order valence-corrected chi connectivity index (χ4v) is 3.42. The summed E-state index contributed by atoms with van der Waals surface area (Å²) in [7, 11) is 0. The maximum atomic E-state index is 13.5. The first-order chi connectivity index (χ1) is 9.57. The van der Waals surface area contributed by atoms with E-state index in [9.17, 15) is 4.39 Å². The van der Waals surface area contributed by atoms with Gasteiger partial charge in [0.05, 0.1) is 0 Å². The van der Waals surface area contributed by atoms with Crippen LogP contribution in [-0.2, 0) is 0 Å². The number of hydrogen-bond acceptors (Lipinski definition) is 2. The standard InChI is InChI=1S/C16H24ClFN2/c1-2-12-4-3-6-16(11-19,7-5-12)20-15-9-13(17)8-14(18)10-15/h8-10,12,20H,2-7,11,19H2,1H3. The van der Waals surface area contributed by atoms with Crippen molar-refractivity contribution in [1.82, 2.24) is 0 Å². The van der Waals surface area contributed by atoms with E-state index in [-0.39, 0.29) is 11.4 Å². The number of nitrogens with one attached hydrogen (secondary N) is 1. The van der Waals surface area contributed by atoms with Gasteiger partial charge in [-0.2, -0.15) is 0 Å². The average Bonchev–Trinajstić information content (AvgIpc) is 2.60. The molecule has 3 N–H and O–H groups in total. The highest BCUT2D eigenvalue weighted by atomic mass is 35.5. The molecule has 2 rings (SSSR count). The van der Waals surface area contributed by atoms with Gasteiger partial charge in [0, 0.05) is 22.8 Å². The van der Waals surface area contributed by atoms with Gasteiger partial charge in [-0.25, -0.2) is 4.39 Å². The van der Waals surface area contributed by atoms with E-state index in [1.165, 1.54) is 37.8 Å². The first-order valence-electron chi connectivity index (χ1n) is 7.51. The first-order valence-corrected chi connectivity index (χ1v) is 7.89. The zero-order valence-corrected chi connectivity index (χ0v) is 12.8. The van der Waals surface area contributed by atoms with Gasteiger partial charge in [-0.3, -0.25) is 0 Å². The number of rotatable bonds is 4. The van der Waals surface area contributed by atoms with E-state index < -0.39 is 0 Å². The summed E-state index contributed by atoms with van der Waals surface area (Å²) in [6.07, 6.45) is 6.93. The average molecular weight is 299 g/mol. The molecule has 1 aliphatic carbocycles. The lowest BCUT2D eigenvalue weighted by molar-refractivity contribution is 0.398. The number of hydrogen-bond donors (Lipinski definition) is 2. The summed E-state index contributed by atoms with van der Waals surface area (Å²) < 4.78 is 13.5. The van der Waals surface area contributed by atoms with E-state index in [1.54, 1.807) is 6.07 Å². The Morgan fingerprint density at radius 1 is 1.35 bits per heavy atom. The Kier molecular flexibility index (Phi) is 5.28. The molecule has 0 saturated heterocycles. The van der Waals surface area contributed by atoms with Crippen molar-refractivity contribution in [3.8, 4) is 0 Å². The van der Waals surface area contributed by atoms with Crippen LogP contribution in [0.4, 0.5) is 10.1 Å². The maximum Gasteiger partial charge on any atom is 0.126 e. The van der Waals surface area contributed by atoms with E-state index >= 15 is 0 Å². The lowest BCUT2D eigenvalue weighted by Gasteiger charge is -2.34. The Morgan fingerprint density at radius 3 is 2.80 bits per heavy atom. The van der Waals surface area contributed by atoms with Crippen LogP contribution in [0.25, 0.3) is 0 Å². The Morgan fingerprint density at radius 2 is 2.15 bits per heavy atom. The van der Waals surface area contributed by atoms with E-state index in [4.69, 9.17) is 17.3 Å². The Labute approximate surface area is 125 Å². The van der Waals surface area contributed by atoms with Crippen LogP contribution in [-0.4, -0.2) is 12.1 Å². The van der Waals surface area contributed by atoms with Gasteiger partial charge in [-0.05, 0) is 43.4 Å². The van der Waals surface area contributed by atoms with E-state index in [0.717, 1.165) is 24.4 Å². The molecule has 1 aromatic carbocycles. The lowest BCUT2D eigenvalue weighted by atomic mass is 9.89. The third kappa shape index (κ3) is 3.86. The lowest BCUT2D eigenvalue weighted by Crippen LogP contribution is -2.45. The minimum Gasteiger partial charge on any atom is -0.378 e. The summed E-state index contributed by atoms with van der Waals surface area (Å²) >= 11 is 5.92. The van der Waals surface area contributed by atoms with Crippen molar-refractivity contribution in [2.24, 2.45) is 11.7 Å². The predicted molar refractivity (Wildman–Crippen MR) is 83.7 cm³/mol. The van der Waals surface area contributed by atoms with Gasteiger partial charge < -0.3 is 11.1 Å². The van der Waals surface area contributed by atoms with Gasteiger partial charge in [-0.1, -0.05) is 37.8 Å². The van der Waals surface area contributed by atoms with Gasteiger partial charge in [0.1, 0.15) is 5.82 Å². The van der Waals surface area contributed by atoms with Crippen molar-refractivity contribution in [2.45, 2.75) is 51.0 Å². The van der Waals surface area contributed by atoms with Crippen LogP contribution >= 0.6 is 11.6 Å². The molecule has 2 nitrogen and oxygen atoms in total. The summed E-state index contributed by atoms with van der Waals surface area (Å²) in [4.78, 5) is 0. The monoisotopic (exact) mass is 298 g/mol. The highest BCUT2D eigenvalue weighted by Gasteiger charge is 2.31. The fraction of sp³-hybridized carbons (Fsp3) is 0.625. The first kappa shape index (κ1) is 15.6.